The van der Waals surface area contributed by atoms with E-state index in [-0.39, 0.29) is 5.75 Å². The maximum absolute atomic E-state index is 11.2. The highest BCUT2D eigenvalue weighted by molar-refractivity contribution is 7.89. The zero-order chi connectivity index (χ0) is 11.1. The minimum Gasteiger partial charge on any atom is -0.361 e. The molecule has 1 N–H and O–H groups in total. The van der Waals surface area contributed by atoms with Crippen LogP contribution >= 0.6 is 0 Å². The van der Waals surface area contributed by atoms with E-state index in [2.05, 4.69) is 0 Å². The van der Waals surface area contributed by atoms with Gasteiger partial charge in [0.1, 0.15) is 0 Å². The van der Waals surface area contributed by atoms with E-state index in [9.17, 15) is 8.42 Å². The fourth-order valence-electron chi connectivity index (χ4n) is 1.47. The molecule has 0 spiro atoms. The third-order valence-electron chi connectivity index (χ3n) is 2.03. The second kappa shape index (κ2) is 3.13. The van der Waals surface area contributed by atoms with E-state index in [1.54, 1.807) is 12.3 Å². The number of para-hydroxylation sites is 1. The van der Waals surface area contributed by atoms with E-state index in [4.69, 9.17) is 1.41 Å². The lowest BCUT2D eigenvalue weighted by atomic mass is 10.2. The van der Waals surface area contributed by atoms with Crippen molar-refractivity contribution >= 4 is 20.7 Å². The van der Waals surface area contributed by atoms with Gasteiger partial charge < -0.3 is 4.98 Å². The number of hydrogen-bond donors (Lipinski definition) is 1. The van der Waals surface area contributed by atoms with E-state index in [0.29, 0.717) is 5.56 Å². The summed E-state index contributed by atoms with van der Waals surface area (Å²) in [5, 5.41) is 0.831. The van der Waals surface area contributed by atoms with Crippen LogP contribution in [0.2, 0.25) is 1.41 Å². The van der Waals surface area contributed by atoms with Crippen molar-refractivity contribution < 1.29 is 9.83 Å². The van der Waals surface area contributed by atoms with Crippen LogP contribution < -0.4 is 0 Å². The lowest BCUT2D eigenvalue weighted by Gasteiger charge is -1.95. The summed E-state index contributed by atoms with van der Waals surface area (Å²) in [6.07, 6.45) is 2.74. The second-order valence-corrected chi connectivity index (χ2v) is 5.51. The molecule has 4 heteroatoms. The lowest BCUT2D eigenvalue weighted by molar-refractivity contribution is 0.601. The first-order valence-corrected chi connectivity index (χ1v) is 6.29. The van der Waals surface area contributed by atoms with E-state index in [1.165, 1.54) is 11.2 Å². The number of aromatic amines is 1. The SMILES string of the molecule is [2H]n1cc(CS(C)(=O)=O)c2ccccc21. The molecule has 3 nitrogen and oxygen atoms in total. The molecule has 0 fully saturated rings. The summed E-state index contributed by atoms with van der Waals surface area (Å²) in [6, 6.07) is 7.31. The van der Waals surface area contributed by atoms with Crippen LogP contribution in [-0.2, 0) is 15.6 Å². The second-order valence-electron chi connectivity index (χ2n) is 3.37. The van der Waals surface area contributed by atoms with E-state index in [1.807, 2.05) is 18.2 Å². The predicted molar refractivity (Wildman–Crippen MR) is 56.8 cm³/mol. The minimum absolute atomic E-state index is 0.0145. The van der Waals surface area contributed by atoms with Crippen LogP contribution in [-0.4, -0.2) is 19.7 Å². The van der Waals surface area contributed by atoms with Crippen LogP contribution in [0.4, 0.5) is 0 Å². The molecule has 0 amide bonds. The monoisotopic (exact) mass is 210 g/mol. The average molecular weight is 210 g/mol. The number of benzene rings is 1. The standard InChI is InChI=1S/C10H11NO2S/c1-14(12,13)7-8-6-11-10-5-3-2-4-9(8)10/h2-6,11H,7H2,1H3/i/hD. The third-order valence-corrected chi connectivity index (χ3v) is 2.86. The number of sulfone groups is 1. The Balaban J connectivity index is 2.62. The molecular weight excluding hydrogens is 198 g/mol. The van der Waals surface area contributed by atoms with Gasteiger partial charge in [0.25, 0.3) is 0 Å². The van der Waals surface area contributed by atoms with Crippen LogP contribution in [0, 0.1) is 0 Å². The number of nitrogens with one attached hydrogen (secondary N) is 1. The largest absolute Gasteiger partial charge is 0.361 e. The Labute approximate surface area is 84.1 Å². The molecule has 14 heavy (non-hydrogen) atoms. The van der Waals surface area contributed by atoms with Gasteiger partial charge in [-0.3, -0.25) is 0 Å². The first kappa shape index (κ1) is 8.05. The molecule has 1 aromatic heterocycles. The van der Waals surface area contributed by atoms with Crippen molar-refractivity contribution in [2.24, 2.45) is 0 Å². The van der Waals surface area contributed by atoms with E-state index >= 15 is 0 Å². The molecule has 0 unspecified atom stereocenters. The van der Waals surface area contributed by atoms with Gasteiger partial charge in [-0.05, 0) is 11.6 Å². The number of fused-ring (bicyclic) bond motifs is 1. The Bertz CT molecular complexity index is 601. The molecule has 0 bridgehead atoms. The molecule has 2 aromatic rings. The number of H-pyrrole nitrogens is 1. The Kier molecular flexibility index (Phi) is 1.80. The fourth-order valence-corrected chi connectivity index (χ4v) is 2.27. The van der Waals surface area contributed by atoms with Crippen molar-refractivity contribution in [1.82, 2.24) is 4.98 Å². The van der Waals surface area contributed by atoms with Gasteiger partial charge in [-0.25, -0.2) is 8.42 Å². The molecule has 1 heterocycles. The molecule has 74 valence electrons. The Hall–Kier alpha value is -1.29. The Morgan fingerprint density at radius 2 is 2.14 bits per heavy atom. The van der Waals surface area contributed by atoms with Crippen molar-refractivity contribution in [2.45, 2.75) is 5.75 Å². The van der Waals surface area contributed by atoms with Crippen molar-refractivity contribution in [3.05, 3.63) is 36.0 Å². The molecule has 0 saturated heterocycles. The van der Waals surface area contributed by atoms with Crippen molar-refractivity contribution in [2.75, 3.05) is 6.26 Å². The van der Waals surface area contributed by atoms with Gasteiger partial charge in [-0.2, -0.15) is 0 Å². The molecule has 0 aliphatic heterocycles. The maximum atomic E-state index is 11.2. The lowest BCUT2D eigenvalue weighted by Crippen LogP contribution is -1.99. The topological polar surface area (TPSA) is 49.9 Å². The van der Waals surface area contributed by atoms with Crippen molar-refractivity contribution in [3.63, 3.8) is 0 Å². The molecule has 0 atom stereocenters. The van der Waals surface area contributed by atoms with Crippen molar-refractivity contribution in [3.8, 4) is 0 Å². The molecule has 0 aliphatic rings. The highest BCUT2D eigenvalue weighted by Gasteiger charge is 2.08. The van der Waals surface area contributed by atoms with Gasteiger partial charge in [-0.15, -0.1) is 0 Å². The summed E-state index contributed by atoms with van der Waals surface area (Å²) in [4.78, 5) is 1.20. The summed E-state index contributed by atoms with van der Waals surface area (Å²) >= 11 is 0. The van der Waals surface area contributed by atoms with Crippen LogP contribution in [0.1, 0.15) is 5.56 Å². The average Bonchev–Trinajstić information content (AvgIpc) is 2.42. The van der Waals surface area contributed by atoms with Crippen molar-refractivity contribution in [1.29, 1.82) is 0 Å². The number of rotatable bonds is 2. The summed E-state index contributed by atoms with van der Waals surface area (Å²) in [6.45, 7) is 0. The minimum atomic E-state index is -3.05. The Morgan fingerprint density at radius 3 is 2.86 bits per heavy atom. The molecule has 0 radical (unpaired) electrons. The summed E-state index contributed by atoms with van der Waals surface area (Å²) in [5.41, 5.74) is 1.42. The normalized spacial score (nSPS) is 13.1. The molecule has 1 aromatic carbocycles. The highest BCUT2D eigenvalue weighted by Crippen LogP contribution is 2.19. The molecule has 0 aliphatic carbocycles. The van der Waals surface area contributed by atoms with Crippen LogP contribution in [0.25, 0.3) is 10.9 Å². The number of aromatic nitrogens is 1. The molecule has 2 rings (SSSR count). The summed E-state index contributed by atoms with van der Waals surface area (Å²) < 4.78 is 30.0. The first-order chi connectivity index (χ1) is 6.97. The van der Waals surface area contributed by atoms with Gasteiger partial charge in [0.15, 0.2) is 11.2 Å². The third kappa shape index (κ3) is 1.80. The zero-order valence-corrected chi connectivity index (χ0v) is 8.58. The predicted octanol–water partition coefficient (Wildman–Crippen LogP) is 1.71. The summed E-state index contributed by atoms with van der Waals surface area (Å²) in [5.74, 6) is -0.0145. The van der Waals surface area contributed by atoms with E-state index < -0.39 is 9.84 Å². The highest BCUT2D eigenvalue weighted by atomic mass is 32.2. The van der Waals surface area contributed by atoms with Gasteiger partial charge in [-0.1, -0.05) is 18.2 Å². The molecule has 0 saturated carbocycles. The van der Waals surface area contributed by atoms with Gasteiger partial charge in [0, 0.05) is 23.4 Å². The summed E-state index contributed by atoms with van der Waals surface area (Å²) in [7, 11) is -3.05. The van der Waals surface area contributed by atoms with Gasteiger partial charge >= 0.3 is 0 Å². The fraction of sp³-hybridized carbons (Fsp3) is 0.200. The zero-order valence-electron chi connectivity index (χ0n) is 8.77. The Morgan fingerprint density at radius 1 is 1.43 bits per heavy atom. The first-order valence-electron chi connectivity index (χ1n) is 4.68. The van der Waals surface area contributed by atoms with Gasteiger partial charge in [0.2, 0.25) is 0 Å². The van der Waals surface area contributed by atoms with Crippen LogP contribution in [0.15, 0.2) is 30.5 Å². The smallest absolute Gasteiger partial charge is 0.166 e. The quantitative estimate of drug-likeness (QED) is 0.820. The molecular formula is C10H11NO2S. The van der Waals surface area contributed by atoms with Gasteiger partial charge in [0.05, 0.1) is 5.75 Å². The maximum Gasteiger partial charge on any atom is 0.166 e. The number of hydrogen-bond acceptors (Lipinski definition) is 2. The van der Waals surface area contributed by atoms with Crippen LogP contribution in [0.5, 0.6) is 0 Å². The van der Waals surface area contributed by atoms with E-state index in [0.717, 1.165) is 10.9 Å². The van der Waals surface area contributed by atoms with Crippen LogP contribution in [0.3, 0.4) is 0 Å².